The van der Waals surface area contributed by atoms with Crippen molar-refractivity contribution in [3.05, 3.63) is 11.8 Å². The van der Waals surface area contributed by atoms with Crippen molar-refractivity contribution in [3.63, 3.8) is 0 Å². The summed E-state index contributed by atoms with van der Waals surface area (Å²) in [5.41, 5.74) is 5.93. The molecule has 0 aliphatic rings. The molecule has 88 valence electrons. The van der Waals surface area contributed by atoms with Crippen molar-refractivity contribution in [3.8, 4) is 0 Å². The number of nitrogens with zero attached hydrogens (tertiary/aromatic N) is 2. The van der Waals surface area contributed by atoms with E-state index in [1.165, 1.54) is 0 Å². The van der Waals surface area contributed by atoms with E-state index in [1.807, 2.05) is 27.7 Å². The Morgan fingerprint density at radius 3 is 2.56 bits per heavy atom. The topological polar surface area (TPSA) is 80.9 Å². The van der Waals surface area contributed by atoms with E-state index >= 15 is 0 Å². The van der Waals surface area contributed by atoms with Crippen molar-refractivity contribution in [2.75, 3.05) is 17.6 Å². The number of rotatable bonds is 3. The zero-order valence-corrected chi connectivity index (χ0v) is 10.2. The van der Waals surface area contributed by atoms with Crippen LogP contribution in [-0.2, 0) is 4.79 Å². The Morgan fingerprint density at radius 2 is 2.06 bits per heavy atom. The van der Waals surface area contributed by atoms with E-state index < -0.39 is 0 Å². The Bertz CT molecular complexity index is 375. The molecule has 0 spiro atoms. The number of ketones is 1. The first-order valence-corrected chi connectivity index (χ1v) is 5.17. The van der Waals surface area contributed by atoms with Crippen LogP contribution in [0.5, 0.6) is 0 Å². The Morgan fingerprint density at radius 1 is 1.44 bits per heavy atom. The van der Waals surface area contributed by atoms with Crippen LogP contribution in [0.3, 0.4) is 0 Å². The second-order valence-electron chi connectivity index (χ2n) is 4.78. The summed E-state index contributed by atoms with van der Waals surface area (Å²) in [6.07, 6.45) is 0. The monoisotopic (exact) mass is 222 g/mol. The van der Waals surface area contributed by atoms with Crippen LogP contribution in [0.15, 0.2) is 6.07 Å². The fourth-order valence-electron chi connectivity index (χ4n) is 1.12. The number of aromatic nitrogens is 2. The molecule has 0 saturated carbocycles. The van der Waals surface area contributed by atoms with E-state index in [9.17, 15) is 4.79 Å². The number of hydrogen-bond donors (Lipinski definition) is 2. The molecule has 0 unspecified atom stereocenters. The molecule has 1 aromatic rings. The first-order valence-electron chi connectivity index (χ1n) is 5.17. The molecule has 16 heavy (non-hydrogen) atoms. The molecule has 0 aromatic carbocycles. The van der Waals surface area contributed by atoms with Crippen LogP contribution in [0.25, 0.3) is 0 Å². The molecule has 5 nitrogen and oxygen atoms in total. The Kier molecular flexibility index (Phi) is 3.47. The molecular weight excluding hydrogens is 204 g/mol. The summed E-state index contributed by atoms with van der Waals surface area (Å²) in [4.78, 5) is 19.6. The van der Waals surface area contributed by atoms with E-state index in [2.05, 4.69) is 15.3 Å². The van der Waals surface area contributed by atoms with Crippen molar-refractivity contribution in [1.29, 1.82) is 0 Å². The smallest absolute Gasteiger partial charge is 0.222 e. The number of anilines is 2. The van der Waals surface area contributed by atoms with Crippen LogP contribution in [0.4, 0.5) is 11.8 Å². The van der Waals surface area contributed by atoms with Crippen LogP contribution in [0.1, 0.15) is 26.5 Å². The summed E-state index contributed by atoms with van der Waals surface area (Å²) in [6, 6.07) is 1.76. The lowest BCUT2D eigenvalue weighted by molar-refractivity contribution is -0.124. The fourth-order valence-corrected chi connectivity index (χ4v) is 1.12. The highest BCUT2D eigenvalue weighted by Gasteiger charge is 2.20. The summed E-state index contributed by atoms with van der Waals surface area (Å²) in [7, 11) is 0. The Labute approximate surface area is 95.5 Å². The third-order valence-electron chi connectivity index (χ3n) is 2.14. The molecule has 5 heteroatoms. The van der Waals surface area contributed by atoms with Crippen LogP contribution >= 0.6 is 0 Å². The third-order valence-corrected chi connectivity index (χ3v) is 2.14. The molecule has 1 heterocycles. The van der Waals surface area contributed by atoms with Gasteiger partial charge in [0.15, 0.2) is 5.78 Å². The lowest BCUT2D eigenvalue weighted by Gasteiger charge is -2.17. The predicted octanol–water partition coefficient (Wildman–Crippen LogP) is 1.39. The van der Waals surface area contributed by atoms with Gasteiger partial charge in [0.1, 0.15) is 5.82 Å². The van der Waals surface area contributed by atoms with Gasteiger partial charge in [-0.3, -0.25) is 4.79 Å². The molecular formula is C11H18N4O. The van der Waals surface area contributed by atoms with Crippen molar-refractivity contribution in [1.82, 2.24) is 9.97 Å². The van der Waals surface area contributed by atoms with Gasteiger partial charge in [-0.2, -0.15) is 4.98 Å². The quantitative estimate of drug-likeness (QED) is 0.807. The average molecular weight is 222 g/mol. The summed E-state index contributed by atoms with van der Waals surface area (Å²) in [6.45, 7) is 7.73. The second kappa shape index (κ2) is 4.47. The molecule has 0 amide bonds. The van der Waals surface area contributed by atoms with Crippen molar-refractivity contribution in [2.45, 2.75) is 27.7 Å². The molecule has 1 aromatic heterocycles. The standard InChI is InChI=1S/C11H18N4O/c1-7-5-9(15-10(12)14-7)13-6-8(16)11(2,3)4/h5H,6H2,1-4H3,(H3,12,13,14,15). The van der Waals surface area contributed by atoms with Gasteiger partial charge >= 0.3 is 0 Å². The minimum absolute atomic E-state index is 0.127. The number of nitrogens with two attached hydrogens (primary N) is 1. The molecule has 0 saturated heterocycles. The van der Waals surface area contributed by atoms with Gasteiger partial charge in [0.05, 0.1) is 6.54 Å². The summed E-state index contributed by atoms with van der Waals surface area (Å²) < 4.78 is 0. The summed E-state index contributed by atoms with van der Waals surface area (Å²) >= 11 is 0. The van der Waals surface area contributed by atoms with Gasteiger partial charge in [0.2, 0.25) is 5.95 Å². The van der Waals surface area contributed by atoms with Crippen molar-refractivity contribution >= 4 is 17.5 Å². The van der Waals surface area contributed by atoms with Crippen LogP contribution < -0.4 is 11.1 Å². The highest BCUT2D eigenvalue weighted by Crippen LogP contribution is 2.15. The van der Waals surface area contributed by atoms with Gasteiger partial charge in [0, 0.05) is 17.2 Å². The average Bonchev–Trinajstić information content (AvgIpc) is 2.11. The third kappa shape index (κ3) is 3.49. The maximum absolute atomic E-state index is 11.7. The highest BCUT2D eigenvalue weighted by molar-refractivity contribution is 5.87. The number of nitrogen functional groups attached to an aromatic ring is 1. The molecule has 0 bridgehead atoms. The number of carbonyl (C=O) groups excluding carboxylic acids is 1. The number of aryl methyl sites for hydroxylation is 1. The largest absolute Gasteiger partial charge is 0.368 e. The molecule has 1 rings (SSSR count). The number of carbonyl (C=O) groups is 1. The van der Waals surface area contributed by atoms with Crippen LogP contribution in [0.2, 0.25) is 0 Å². The second-order valence-corrected chi connectivity index (χ2v) is 4.78. The van der Waals surface area contributed by atoms with E-state index in [0.29, 0.717) is 5.82 Å². The summed E-state index contributed by atoms with van der Waals surface area (Å²) in [5.74, 6) is 0.927. The van der Waals surface area contributed by atoms with E-state index in [0.717, 1.165) is 5.69 Å². The fraction of sp³-hybridized carbons (Fsp3) is 0.545. The number of Topliss-reactive ketones (excluding diaryl/α,β-unsaturated/α-hetero) is 1. The SMILES string of the molecule is Cc1cc(NCC(=O)C(C)(C)C)nc(N)n1. The maximum Gasteiger partial charge on any atom is 0.222 e. The van der Waals surface area contributed by atoms with Gasteiger partial charge in [0.25, 0.3) is 0 Å². The zero-order chi connectivity index (χ0) is 12.3. The maximum atomic E-state index is 11.7. The van der Waals surface area contributed by atoms with Gasteiger partial charge in [-0.05, 0) is 6.92 Å². The first kappa shape index (κ1) is 12.4. The van der Waals surface area contributed by atoms with Gasteiger partial charge < -0.3 is 11.1 Å². The van der Waals surface area contributed by atoms with E-state index in [4.69, 9.17) is 5.73 Å². The van der Waals surface area contributed by atoms with Gasteiger partial charge in [-0.1, -0.05) is 20.8 Å². The lowest BCUT2D eigenvalue weighted by Crippen LogP contribution is -2.27. The zero-order valence-electron chi connectivity index (χ0n) is 10.2. The first-order chi connectivity index (χ1) is 7.29. The normalized spacial score (nSPS) is 11.2. The Hall–Kier alpha value is -1.65. The highest BCUT2D eigenvalue weighted by atomic mass is 16.1. The Balaban J connectivity index is 2.65. The van der Waals surface area contributed by atoms with Crippen molar-refractivity contribution < 1.29 is 4.79 Å². The van der Waals surface area contributed by atoms with E-state index in [-0.39, 0.29) is 23.7 Å². The van der Waals surface area contributed by atoms with Crippen molar-refractivity contribution in [2.24, 2.45) is 5.41 Å². The lowest BCUT2D eigenvalue weighted by atomic mass is 9.91. The molecule has 0 fully saturated rings. The minimum atomic E-state index is -0.347. The van der Waals surface area contributed by atoms with Gasteiger partial charge in [-0.15, -0.1) is 0 Å². The van der Waals surface area contributed by atoms with Crippen LogP contribution in [-0.4, -0.2) is 22.3 Å². The molecule has 0 radical (unpaired) electrons. The molecule has 0 aliphatic carbocycles. The number of nitrogens with one attached hydrogen (secondary N) is 1. The molecule has 0 atom stereocenters. The van der Waals surface area contributed by atoms with Gasteiger partial charge in [-0.25, -0.2) is 4.98 Å². The van der Waals surface area contributed by atoms with E-state index in [1.54, 1.807) is 6.07 Å². The predicted molar refractivity (Wildman–Crippen MR) is 64.1 cm³/mol. The number of hydrogen-bond acceptors (Lipinski definition) is 5. The molecule has 0 aliphatic heterocycles. The summed E-state index contributed by atoms with van der Waals surface area (Å²) in [5, 5.41) is 2.95. The van der Waals surface area contributed by atoms with Crippen LogP contribution in [0, 0.1) is 12.3 Å². The minimum Gasteiger partial charge on any atom is -0.368 e. The molecule has 3 N–H and O–H groups in total.